The summed E-state index contributed by atoms with van der Waals surface area (Å²) in [4.78, 5) is 12.0. The molecular formula is C10H15F4NO. The largest absolute Gasteiger partial charge is 0.383 e. The third-order valence-electron chi connectivity index (χ3n) is 1.93. The van der Waals surface area contributed by atoms with Crippen molar-refractivity contribution in [3.63, 3.8) is 0 Å². The molecule has 0 fully saturated rings. The summed E-state index contributed by atoms with van der Waals surface area (Å²) in [6.45, 7) is 7.54. The molecule has 0 aromatic heterocycles. The van der Waals surface area contributed by atoms with E-state index in [-0.39, 0.29) is 6.54 Å². The highest BCUT2D eigenvalue weighted by Crippen LogP contribution is 2.28. The summed E-state index contributed by atoms with van der Waals surface area (Å²) < 4.78 is 49.8. The first kappa shape index (κ1) is 14.9. The van der Waals surface area contributed by atoms with Gasteiger partial charge in [-0.15, -0.1) is 6.58 Å². The Morgan fingerprint density at radius 3 is 2.06 bits per heavy atom. The first-order valence-corrected chi connectivity index (χ1v) is 4.64. The number of halogens is 4. The third-order valence-corrected chi connectivity index (χ3v) is 1.93. The average Bonchev–Trinajstić information content (AvgIpc) is 2.10. The van der Waals surface area contributed by atoms with E-state index in [0.717, 1.165) is 0 Å². The summed E-state index contributed by atoms with van der Waals surface area (Å²) in [6, 6.07) is 0. The molecule has 0 saturated heterocycles. The molecular weight excluding hydrogens is 226 g/mol. The van der Waals surface area contributed by atoms with E-state index in [1.165, 1.54) is 26.8 Å². The number of carbonyl (C=O) groups excluding carboxylic acids is 1. The van der Waals surface area contributed by atoms with E-state index in [0.29, 0.717) is 4.90 Å². The molecule has 0 N–H and O–H groups in total. The SMILES string of the molecule is C=CCN(C(=O)C(F)(F)C(F)F)C(C)(C)C. The predicted octanol–water partition coefficient (Wildman–Crippen LogP) is 2.70. The summed E-state index contributed by atoms with van der Waals surface area (Å²) in [5, 5.41) is 0. The van der Waals surface area contributed by atoms with Gasteiger partial charge in [0.25, 0.3) is 5.91 Å². The first-order chi connectivity index (χ1) is 7.05. The van der Waals surface area contributed by atoms with Gasteiger partial charge in [0.15, 0.2) is 0 Å². The fourth-order valence-corrected chi connectivity index (χ4v) is 1.06. The Morgan fingerprint density at radius 2 is 1.81 bits per heavy atom. The molecule has 0 aliphatic carbocycles. The van der Waals surface area contributed by atoms with Crippen LogP contribution in [0.5, 0.6) is 0 Å². The first-order valence-electron chi connectivity index (χ1n) is 4.64. The van der Waals surface area contributed by atoms with Gasteiger partial charge in [-0.3, -0.25) is 4.79 Å². The fraction of sp³-hybridized carbons (Fsp3) is 0.700. The van der Waals surface area contributed by atoms with Gasteiger partial charge >= 0.3 is 12.3 Å². The van der Waals surface area contributed by atoms with Gasteiger partial charge in [-0.2, -0.15) is 8.78 Å². The maximum Gasteiger partial charge on any atom is 0.383 e. The molecule has 16 heavy (non-hydrogen) atoms. The number of hydrogen-bond acceptors (Lipinski definition) is 1. The zero-order valence-electron chi connectivity index (χ0n) is 9.44. The van der Waals surface area contributed by atoms with Crippen LogP contribution < -0.4 is 0 Å². The monoisotopic (exact) mass is 241 g/mol. The minimum atomic E-state index is -4.66. The summed E-state index contributed by atoms with van der Waals surface area (Å²) in [7, 11) is 0. The van der Waals surface area contributed by atoms with Crippen molar-refractivity contribution < 1.29 is 22.4 Å². The predicted molar refractivity (Wildman–Crippen MR) is 52.6 cm³/mol. The Hall–Kier alpha value is -1.07. The summed E-state index contributed by atoms with van der Waals surface area (Å²) in [5.74, 6) is -6.54. The van der Waals surface area contributed by atoms with E-state index in [1.54, 1.807) is 0 Å². The standard InChI is InChI=1S/C10H15F4NO/c1-5-6-15(9(2,3)4)8(16)10(13,14)7(11)12/h5,7H,1,6H2,2-4H3. The molecule has 0 rings (SSSR count). The topological polar surface area (TPSA) is 20.3 Å². The lowest BCUT2D eigenvalue weighted by Crippen LogP contribution is -2.54. The van der Waals surface area contributed by atoms with Crippen LogP contribution in [0.15, 0.2) is 12.7 Å². The van der Waals surface area contributed by atoms with Gasteiger partial charge in [-0.05, 0) is 20.8 Å². The lowest BCUT2D eigenvalue weighted by atomic mass is 10.0. The van der Waals surface area contributed by atoms with E-state index < -0.39 is 23.8 Å². The van der Waals surface area contributed by atoms with Crippen molar-refractivity contribution in [2.24, 2.45) is 0 Å². The van der Waals surface area contributed by atoms with Crippen LogP contribution in [-0.4, -0.2) is 35.2 Å². The zero-order chi connectivity index (χ0) is 13.1. The van der Waals surface area contributed by atoms with Gasteiger partial charge in [0.05, 0.1) is 0 Å². The molecule has 0 aromatic carbocycles. The smallest absolute Gasteiger partial charge is 0.329 e. The number of amides is 1. The summed E-state index contributed by atoms with van der Waals surface area (Å²) >= 11 is 0. The van der Waals surface area contributed by atoms with Crippen LogP contribution in [0, 0.1) is 0 Å². The summed E-state index contributed by atoms with van der Waals surface area (Å²) in [6.07, 6.45) is -2.79. The van der Waals surface area contributed by atoms with Crippen LogP contribution >= 0.6 is 0 Å². The van der Waals surface area contributed by atoms with E-state index in [2.05, 4.69) is 6.58 Å². The molecule has 0 spiro atoms. The Morgan fingerprint density at radius 1 is 1.38 bits per heavy atom. The molecule has 94 valence electrons. The number of rotatable bonds is 4. The van der Waals surface area contributed by atoms with Crippen molar-refractivity contribution in [1.29, 1.82) is 0 Å². The maximum absolute atomic E-state index is 12.9. The zero-order valence-corrected chi connectivity index (χ0v) is 9.44. The van der Waals surface area contributed by atoms with Crippen molar-refractivity contribution in [2.75, 3.05) is 6.54 Å². The second-order valence-corrected chi connectivity index (χ2v) is 4.30. The molecule has 0 bridgehead atoms. The second kappa shape index (κ2) is 4.84. The molecule has 6 heteroatoms. The molecule has 0 saturated carbocycles. The highest BCUT2D eigenvalue weighted by atomic mass is 19.3. The van der Waals surface area contributed by atoms with Crippen molar-refractivity contribution >= 4 is 5.91 Å². The number of carbonyl (C=O) groups is 1. The molecule has 0 atom stereocenters. The number of nitrogens with zero attached hydrogens (tertiary/aromatic N) is 1. The quantitative estimate of drug-likeness (QED) is 0.547. The number of alkyl halides is 4. The van der Waals surface area contributed by atoms with E-state index >= 15 is 0 Å². The lowest BCUT2D eigenvalue weighted by molar-refractivity contribution is -0.184. The van der Waals surface area contributed by atoms with Crippen molar-refractivity contribution in [1.82, 2.24) is 4.90 Å². The van der Waals surface area contributed by atoms with Gasteiger partial charge in [-0.1, -0.05) is 6.08 Å². The average molecular weight is 241 g/mol. The minimum Gasteiger partial charge on any atom is -0.329 e. The van der Waals surface area contributed by atoms with Gasteiger partial charge in [0.1, 0.15) is 0 Å². The van der Waals surface area contributed by atoms with E-state index in [1.807, 2.05) is 0 Å². The highest BCUT2D eigenvalue weighted by molar-refractivity contribution is 5.84. The van der Waals surface area contributed by atoms with Crippen molar-refractivity contribution in [3.05, 3.63) is 12.7 Å². The van der Waals surface area contributed by atoms with Crippen molar-refractivity contribution in [3.8, 4) is 0 Å². The van der Waals surface area contributed by atoms with Gasteiger partial charge in [0.2, 0.25) is 0 Å². The van der Waals surface area contributed by atoms with Crippen LogP contribution in [0.2, 0.25) is 0 Å². The van der Waals surface area contributed by atoms with E-state index in [9.17, 15) is 22.4 Å². The molecule has 0 aliphatic rings. The Balaban J connectivity index is 5.10. The third kappa shape index (κ3) is 3.21. The highest BCUT2D eigenvalue weighted by Gasteiger charge is 2.52. The summed E-state index contributed by atoms with van der Waals surface area (Å²) in [5.41, 5.74) is -0.969. The molecule has 0 radical (unpaired) electrons. The van der Waals surface area contributed by atoms with Crippen molar-refractivity contribution in [2.45, 2.75) is 38.7 Å². The van der Waals surface area contributed by atoms with Crippen LogP contribution in [0.25, 0.3) is 0 Å². The lowest BCUT2D eigenvalue weighted by Gasteiger charge is -2.36. The fourth-order valence-electron chi connectivity index (χ4n) is 1.06. The molecule has 0 unspecified atom stereocenters. The van der Waals surface area contributed by atoms with Gasteiger partial charge in [0, 0.05) is 12.1 Å². The Kier molecular flexibility index (Phi) is 4.52. The van der Waals surface area contributed by atoms with Crippen LogP contribution in [0.4, 0.5) is 17.6 Å². The van der Waals surface area contributed by atoms with E-state index in [4.69, 9.17) is 0 Å². The molecule has 1 amide bonds. The number of hydrogen-bond donors (Lipinski definition) is 0. The normalized spacial score (nSPS) is 12.8. The Bertz CT molecular complexity index is 270. The Labute approximate surface area is 91.9 Å². The molecule has 0 aromatic rings. The molecule has 2 nitrogen and oxygen atoms in total. The van der Waals surface area contributed by atoms with Crippen LogP contribution in [0.1, 0.15) is 20.8 Å². The van der Waals surface area contributed by atoms with Gasteiger partial charge < -0.3 is 4.90 Å². The molecule has 0 heterocycles. The minimum absolute atomic E-state index is 0.204. The van der Waals surface area contributed by atoms with Crippen LogP contribution in [0.3, 0.4) is 0 Å². The van der Waals surface area contributed by atoms with Crippen LogP contribution in [-0.2, 0) is 4.79 Å². The van der Waals surface area contributed by atoms with Gasteiger partial charge in [-0.25, -0.2) is 8.78 Å². The maximum atomic E-state index is 12.9. The second-order valence-electron chi connectivity index (χ2n) is 4.30. The molecule has 0 aliphatic heterocycles.